The average molecular weight is 379 g/mol. The van der Waals surface area contributed by atoms with Crippen LogP contribution in [0, 0.1) is 0 Å². The third kappa shape index (κ3) is 4.63. The van der Waals surface area contributed by atoms with E-state index in [2.05, 4.69) is 15.0 Å². The normalized spacial score (nSPS) is 10.5. The molecule has 0 fully saturated rings. The molecule has 0 saturated carbocycles. The summed E-state index contributed by atoms with van der Waals surface area (Å²) in [5.41, 5.74) is 1.93. The predicted molar refractivity (Wildman–Crippen MR) is 106 cm³/mol. The highest BCUT2D eigenvalue weighted by atomic mass is 16.5. The third-order valence-corrected chi connectivity index (χ3v) is 4.30. The lowest BCUT2D eigenvalue weighted by Crippen LogP contribution is -2.36. The third-order valence-electron chi connectivity index (χ3n) is 4.30. The number of aliphatic hydroxyl groups excluding tert-OH is 1. The molecule has 7 nitrogen and oxygen atoms in total. The number of rotatable bonds is 6. The van der Waals surface area contributed by atoms with Gasteiger partial charge in [-0.25, -0.2) is 9.59 Å². The van der Waals surface area contributed by atoms with Crippen LogP contribution >= 0.6 is 0 Å². The Morgan fingerprint density at radius 3 is 2.61 bits per heavy atom. The van der Waals surface area contributed by atoms with Gasteiger partial charge in [-0.3, -0.25) is 4.98 Å². The number of urea groups is 1. The first-order chi connectivity index (χ1) is 13.6. The molecule has 0 saturated heterocycles. The van der Waals surface area contributed by atoms with Crippen LogP contribution in [-0.4, -0.2) is 47.3 Å². The van der Waals surface area contributed by atoms with Crippen LogP contribution in [0.1, 0.15) is 15.9 Å². The molecule has 0 spiro atoms. The van der Waals surface area contributed by atoms with Crippen molar-refractivity contribution in [2.75, 3.05) is 25.6 Å². The van der Waals surface area contributed by atoms with Gasteiger partial charge in [0, 0.05) is 36.6 Å². The first kappa shape index (κ1) is 19.3. The molecule has 0 aliphatic carbocycles. The summed E-state index contributed by atoms with van der Waals surface area (Å²) in [5, 5.41) is 14.1. The molecule has 3 rings (SSSR count). The van der Waals surface area contributed by atoms with Crippen molar-refractivity contribution < 1.29 is 19.4 Å². The lowest BCUT2D eigenvalue weighted by molar-refractivity contribution is 0.0600. The first-order valence-electron chi connectivity index (χ1n) is 8.78. The summed E-state index contributed by atoms with van der Waals surface area (Å²) in [7, 11) is 1.33. The lowest BCUT2D eigenvalue weighted by Gasteiger charge is -2.22. The van der Waals surface area contributed by atoms with Crippen molar-refractivity contribution in [3.63, 3.8) is 0 Å². The molecule has 3 aromatic rings. The summed E-state index contributed by atoms with van der Waals surface area (Å²) >= 11 is 0. The van der Waals surface area contributed by atoms with Gasteiger partial charge in [0.25, 0.3) is 0 Å². The fourth-order valence-corrected chi connectivity index (χ4v) is 2.82. The molecular formula is C21H21N3O4. The summed E-state index contributed by atoms with van der Waals surface area (Å²) in [6, 6.07) is 13.9. The number of aliphatic hydroxyl groups is 1. The van der Waals surface area contributed by atoms with Crippen molar-refractivity contribution in [1.29, 1.82) is 0 Å². The SMILES string of the molecule is COC(=O)c1ccc(CN(CCO)C(=O)Nc2ccc3cnccc3c2)cc1. The Hall–Kier alpha value is -3.45. The Balaban J connectivity index is 1.71. The van der Waals surface area contributed by atoms with E-state index < -0.39 is 5.97 Å². The van der Waals surface area contributed by atoms with Crippen LogP contribution in [0.5, 0.6) is 0 Å². The first-order valence-corrected chi connectivity index (χ1v) is 8.78. The molecule has 0 aliphatic rings. The van der Waals surface area contributed by atoms with E-state index in [9.17, 15) is 14.7 Å². The number of pyridine rings is 1. The number of carbonyl (C=O) groups excluding carboxylic acids is 2. The number of hydrogen-bond donors (Lipinski definition) is 2. The van der Waals surface area contributed by atoms with Gasteiger partial charge in [-0.05, 0) is 41.3 Å². The minimum Gasteiger partial charge on any atom is -0.465 e. The van der Waals surface area contributed by atoms with E-state index in [1.54, 1.807) is 36.7 Å². The molecule has 2 aromatic carbocycles. The largest absolute Gasteiger partial charge is 0.465 e. The quantitative estimate of drug-likeness (QED) is 0.642. The highest BCUT2D eigenvalue weighted by Crippen LogP contribution is 2.19. The van der Waals surface area contributed by atoms with Gasteiger partial charge in [0.2, 0.25) is 0 Å². The average Bonchev–Trinajstić information content (AvgIpc) is 2.73. The van der Waals surface area contributed by atoms with Crippen LogP contribution in [-0.2, 0) is 11.3 Å². The van der Waals surface area contributed by atoms with E-state index in [0.717, 1.165) is 16.3 Å². The number of anilines is 1. The topological polar surface area (TPSA) is 91.8 Å². The number of nitrogens with one attached hydrogen (secondary N) is 1. The number of benzene rings is 2. The Morgan fingerprint density at radius 1 is 1.11 bits per heavy atom. The molecule has 28 heavy (non-hydrogen) atoms. The van der Waals surface area contributed by atoms with Crippen molar-refractivity contribution >= 4 is 28.5 Å². The number of methoxy groups -OCH3 is 1. The van der Waals surface area contributed by atoms with Crippen LogP contribution in [0.4, 0.5) is 10.5 Å². The van der Waals surface area contributed by atoms with Gasteiger partial charge in [-0.15, -0.1) is 0 Å². The molecule has 1 heterocycles. The van der Waals surface area contributed by atoms with Gasteiger partial charge in [0.05, 0.1) is 19.3 Å². The molecular weight excluding hydrogens is 358 g/mol. The van der Waals surface area contributed by atoms with E-state index >= 15 is 0 Å². The molecule has 2 N–H and O–H groups in total. The number of fused-ring (bicyclic) bond motifs is 1. The molecule has 0 unspecified atom stereocenters. The number of aromatic nitrogens is 1. The van der Waals surface area contributed by atoms with E-state index in [1.165, 1.54) is 12.0 Å². The molecule has 7 heteroatoms. The Bertz CT molecular complexity index is 973. The van der Waals surface area contributed by atoms with Gasteiger partial charge in [0.1, 0.15) is 0 Å². The number of carbonyl (C=O) groups is 2. The maximum absolute atomic E-state index is 12.7. The van der Waals surface area contributed by atoms with Crippen LogP contribution in [0.15, 0.2) is 60.9 Å². The summed E-state index contributed by atoms with van der Waals surface area (Å²) in [5.74, 6) is -0.414. The number of esters is 1. The summed E-state index contributed by atoms with van der Waals surface area (Å²) in [4.78, 5) is 29.8. The molecule has 2 amide bonds. The lowest BCUT2D eigenvalue weighted by atomic mass is 10.1. The predicted octanol–water partition coefficient (Wildman–Crippen LogP) is 3.05. The standard InChI is InChI=1S/C21H21N3O4/c1-28-20(26)16-4-2-15(3-5-16)14-24(10-11-25)21(27)23-19-7-6-18-13-22-9-8-17(18)12-19/h2-9,12-13,25H,10-11,14H2,1H3,(H,23,27). The smallest absolute Gasteiger partial charge is 0.337 e. The summed E-state index contributed by atoms with van der Waals surface area (Å²) in [6.45, 7) is 0.324. The molecule has 0 atom stereocenters. The monoisotopic (exact) mass is 379 g/mol. The molecule has 0 aliphatic heterocycles. The fraction of sp³-hybridized carbons (Fsp3) is 0.190. The minimum atomic E-state index is -0.414. The minimum absolute atomic E-state index is 0.156. The second kappa shape index (κ2) is 8.96. The zero-order valence-electron chi connectivity index (χ0n) is 15.5. The highest BCUT2D eigenvalue weighted by Gasteiger charge is 2.14. The summed E-state index contributed by atoms with van der Waals surface area (Å²) < 4.78 is 4.68. The van der Waals surface area contributed by atoms with Gasteiger partial charge in [0.15, 0.2) is 0 Å². The van der Waals surface area contributed by atoms with Gasteiger partial charge >= 0.3 is 12.0 Å². The van der Waals surface area contributed by atoms with Crippen LogP contribution < -0.4 is 5.32 Å². The Labute approximate surface area is 162 Å². The van der Waals surface area contributed by atoms with Gasteiger partial charge in [-0.2, -0.15) is 0 Å². The second-order valence-electron chi connectivity index (χ2n) is 6.20. The maximum Gasteiger partial charge on any atom is 0.337 e. The van der Waals surface area contributed by atoms with Crippen molar-refractivity contribution in [2.24, 2.45) is 0 Å². The van der Waals surface area contributed by atoms with Crippen LogP contribution in [0.2, 0.25) is 0 Å². The molecule has 0 radical (unpaired) electrons. The van der Waals surface area contributed by atoms with E-state index in [0.29, 0.717) is 17.8 Å². The number of amides is 2. The van der Waals surface area contributed by atoms with Crippen molar-refractivity contribution in [1.82, 2.24) is 9.88 Å². The van der Waals surface area contributed by atoms with E-state index in [-0.39, 0.29) is 19.2 Å². The van der Waals surface area contributed by atoms with E-state index in [1.807, 2.05) is 24.3 Å². The Kier molecular flexibility index (Phi) is 6.18. The number of hydrogen-bond acceptors (Lipinski definition) is 5. The zero-order chi connectivity index (χ0) is 19.9. The van der Waals surface area contributed by atoms with Gasteiger partial charge < -0.3 is 20.1 Å². The van der Waals surface area contributed by atoms with Gasteiger partial charge in [-0.1, -0.05) is 18.2 Å². The van der Waals surface area contributed by atoms with E-state index in [4.69, 9.17) is 0 Å². The summed E-state index contributed by atoms with van der Waals surface area (Å²) in [6.07, 6.45) is 3.46. The molecule has 0 bridgehead atoms. The number of nitrogens with zero attached hydrogens (tertiary/aromatic N) is 2. The van der Waals surface area contributed by atoms with Crippen LogP contribution in [0.25, 0.3) is 10.8 Å². The Morgan fingerprint density at radius 2 is 1.89 bits per heavy atom. The van der Waals surface area contributed by atoms with Crippen molar-refractivity contribution in [2.45, 2.75) is 6.54 Å². The van der Waals surface area contributed by atoms with Crippen molar-refractivity contribution in [3.05, 3.63) is 72.1 Å². The number of ether oxygens (including phenoxy) is 1. The van der Waals surface area contributed by atoms with Crippen LogP contribution in [0.3, 0.4) is 0 Å². The fourth-order valence-electron chi connectivity index (χ4n) is 2.82. The maximum atomic E-state index is 12.7. The highest BCUT2D eigenvalue weighted by molar-refractivity contribution is 5.93. The molecule has 144 valence electrons. The molecule has 1 aromatic heterocycles. The van der Waals surface area contributed by atoms with Crippen molar-refractivity contribution in [3.8, 4) is 0 Å². The zero-order valence-corrected chi connectivity index (χ0v) is 15.5. The second-order valence-corrected chi connectivity index (χ2v) is 6.20.